The van der Waals surface area contributed by atoms with Crippen molar-refractivity contribution in [1.29, 1.82) is 0 Å². The van der Waals surface area contributed by atoms with E-state index in [4.69, 9.17) is 9.72 Å². The number of carbonyl (C=O) groups is 1. The second-order valence-corrected chi connectivity index (χ2v) is 9.75. The van der Waals surface area contributed by atoms with Crippen LogP contribution in [0, 0.1) is 0 Å². The van der Waals surface area contributed by atoms with Gasteiger partial charge in [0.05, 0.1) is 5.52 Å². The van der Waals surface area contributed by atoms with Crippen molar-refractivity contribution < 1.29 is 9.53 Å². The van der Waals surface area contributed by atoms with E-state index in [1.165, 1.54) is 0 Å². The SMILES string of the molecule is CCNc1cc(Nc2ccc(CN(Cc3ccccc3)C(=O)OC(C)(C)C)cc2)nc2ccccc12. The minimum Gasteiger partial charge on any atom is -0.444 e. The third-order valence-electron chi connectivity index (χ3n) is 5.55. The highest BCUT2D eigenvalue weighted by atomic mass is 16.6. The summed E-state index contributed by atoms with van der Waals surface area (Å²) in [6.45, 7) is 9.49. The van der Waals surface area contributed by atoms with Gasteiger partial charge in [-0.1, -0.05) is 60.7 Å². The fourth-order valence-electron chi connectivity index (χ4n) is 3.95. The first-order chi connectivity index (χ1) is 17.3. The molecule has 1 amide bonds. The quantitative estimate of drug-likeness (QED) is 0.275. The number of carbonyl (C=O) groups excluding carboxylic acids is 1. The van der Waals surface area contributed by atoms with Gasteiger partial charge in [-0.2, -0.15) is 0 Å². The number of hydrogen-bond donors (Lipinski definition) is 2. The van der Waals surface area contributed by atoms with E-state index in [0.717, 1.165) is 45.8 Å². The van der Waals surface area contributed by atoms with E-state index in [2.05, 4.69) is 23.6 Å². The second kappa shape index (κ2) is 11.1. The number of benzene rings is 3. The summed E-state index contributed by atoms with van der Waals surface area (Å²) in [6.07, 6.45) is -0.329. The van der Waals surface area contributed by atoms with Crippen LogP contribution in [0.15, 0.2) is 84.9 Å². The molecular formula is C30H34N4O2. The third-order valence-corrected chi connectivity index (χ3v) is 5.55. The van der Waals surface area contributed by atoms with E-state index < -0.39 is 5.60 Å². The fourth-order valence-corrected chi connectivity index (χ4v) is 3.95. The van der Waals surface area contributed by atoms with Crippen molar-refractivity contribution in [3.05, 3.63) is 96.1 Å². The van der Waals surface area contributed by atoms with Crippen molar-refractivity contribution in [2.75, 3.05) is 17.2 Å². The number of fused-ring (bicyclic) bond motifs is 1. The van der Waals surface area contributed by atoms with E-state index in [9.17, 15) is 4.79 Å². The molecule has 0 aliphatic carbocycles. The molecule has 0 spiro atoms. The van der Waals surface area contributed by atoms with Gasteiger partial charge in [0.2, 0.25) is 0 Å². The summed E-state index contributed by atoms with van der Waals surface area (Å²) in [6, 6.07) is 28.2. The van der Waals surface area contributed by atoms with Gasteiger partial charge < -0.3 is 15.4 Å². The molecule has 0 fully saturated rings. The van der Waals surface area contributed by atoms with Crippen LogP contribution < -0.4 is 10.6 Å². The zero-order chi connectivity index (χ0) is 25.5. The standard InChI is InChI=1S/C30H34N4O2/c1-5-31-27-19-28(33-26-14-10-9-13-25(26)27)32-24-17-15-23(16-18-24)21-34(29(35)36-30(2,3)4)20-22-11-7-6-8-12-22/h6-19H,5,20-21H2,1-4H3,(H2,31,32,33). The molecule has 0 aliphatic rings. The van der Waals surface area contributed by atoms with Crippen molar-refractivity contribution in [2.45, 2.75) is 46.4 Å². The largest absolute Gasteiger partial charge is 0.444 e. The van der Waals surface area contributed by atoms with E-state index in [-0.39, 0.29) is 6.09 Å². The first kappa shape index (κ1) is 25.0. The molecule has 6 heteroatoms. The van der Waals surface area contributed by atoms with Gasteiger partial charge in [0.25, 0.3) is 0 Å². The Morgan fingerprint density at radius 3 is 2.19 bits per heavy atom. The number of nitrogens with one attached hydrogen (secondary N) is 2. The normalized spacial score (nSPS) is 11.2. The average Bonchev–Trinajstić information content (AvgIpc) is 2.85. The number of aromatic nitrogens is 1. The molecule has 4 rings (SSSR count). The highest BCUT2D eigenvalue weighted by Crippen LogP contribution is 2.27. The fraction of sp³-hybridized carbons (Fsp3) is 0.267. The Morgan fingerprint density at radius 1 is 0.889 bits per heavy atom. The number of hydrogen-bond acceptors (Lipinski definition) is 5. The minimum atomic E-state index is -0.557. The van der Waals surface area contributed by atoms with Gasteiger partial charge in [0.15, 0.2) is 0 Å². The Kier molecular flexibility index (Phi) is 7.74. The number of pyridine rings is 1. The predicted octanol–water partition coefficient (Wildman–Crippen LogP) is 7.35. The highest BCUT2D eigenvalue weighted by Gasteiger charge is 2.22. The average molecular weight is 483 g/mol. The van der Waals surface area contributed by atoms with Gasteiger partial charge in [-0.3, -0.25) is 4.90 Å². The summed E-state index contributed by atoms with van der Waals surface area (Å²) in [7, 11) is 0. The second-order valence-electron chi connectivity index (χ2n) is 9.75. The summed E-state index contributed by atoms with van der Waals surface area (Å²) in [5, 5.41) is 7.94. The van der Waals surface area contributed by atoms with Crippen molar-refractivity contribution >= 4 is 34.2 Å². The molecule has 0 atom stereocenters. The highest BCUT2D eigenvalue weighted by molar-refractivity contribution is 5.93. The minimum absolute atomic E-state index is 0.329. The number of rotatable bonds is 8. The number of nitrogens with zero attached hydrogens (tertiary/aromatic N) is 2. The number of para-hydroxylation sites is 1. The number of ether oxygens (including phenoxy) is 1. The molecule has 186 valence electrons. The lowest BCUT2D eigenvalue weighted by molar-refractivity contribution is 0.0216. The van der Waals surface area contributed by atoms with Gasteiger partial charge >= 0.3 is 6.09 Å². The molecule has 0 unspecified atom stereocenters. The molecule has 0 aliphatic heterocycles. The van der Waals surface area contributed by atoms with E-state index >= 15 is 0 Å². The predicted molar refractivity (Wildman–Crippen MR) is 148 cm³/mol. The van der Waals surface area contributed by atoms with E-state index in [1.54, 1.807) is 4.90 Å². The zero-order valence-electron chi connectivity index (χ0n) is 21.4. The Morgan fingerprint density at radius 2 is 1.53 bits per heavy atom. The van der Waals surface area contributed by atoms with Crippen molar-refractivity contribution in [1.82, 2.24) is 9.88 Å². The third kappa shape index (κ3) is 6.75. The zero-order valence-corrected chi connectivity index (χ0v) is 21.4. The summed E-state index contributed by atoms with van der Waals surface area (Å²) in [5.41, 5.74) is 4.43. The van der Waals surface area contributed by atoms with Crippen molar-refractivity contribution in [3.63, 3.8) is 0 Å². The van der Waals surface area contributed by atoms with Crippen LogP contribution in [-0.4, -0.2) is 28.1 Å². The summed E-state index contributed by atoms with van der Waals surface area (Å²) >= 11 is 0. The Hall–Kier alpha value is -4.06. The molecule has 36 heavy (non-hydrogen) atoms. The molecule has 1 heterocycles. The molecule has 0 radical (unpaired) electrons. The molecule has 1 aromatic heterocycles. The van der Waals surface area contributed by atoms with Gasteiger partial charge in [-0.25, -0.2) is 9.78 Å². The molecule has 3 aromatic carbocycles. The summed E-state index contributed by atoms with van der Waals surface area (Å²) in [4.78, 5) is 19.4. The molecule has 4 aromatic rings. The van der Waals surface area contributed by atoms with Crippen molar-refractivity contribution in [2.24, 2.45) is 0 Å². The molecule has 0 saturated heterocycles. The molecule has 6 nitrogen and oxygen atoms in total. The van der Waals surface area contributed by atoms with Gasteiger partial charge in [-0.05, 0) is 57.0 Å². The maximum atomic E-state index is 12.9. The van der Waals surface area contributed by atoms with Crippen LogP contribution in [-0.2, 0) is 17.8 Å². The molecule has 0 bridgehead atoms. The lowest BCUT2D eigenvalue weighted by Crippen LogP contribution is -2.36. The Balaban J connectivity index is 1.50. The van der Waals surface area contributed by atoms with E-state index in [1.807, 2.05) is 99.6 Å². The van der Waals surface area contributed by atoms with Crippen LogP contribution in [0.4, 0.5) is 22.0 Å². The number of amides is 1. The first-order valence-corrected chi connectivity index (χ1v) is 12.3. The molecular weight excluding hydrogens is 448 g/mol. The lowest BCUT2D eigenvalue weighted by Gasteiger charge is -2.27. The van der Waals surface area contributed by atoms with Crippen LogP contribution in [0.3, 0.4) is 0 Å². The molecule has 0 saturated carbocycles. The maximum absolute atomic E-state index is 12.9. The van der Waals surface area contributed by atoms with E-state index in [0.29, 0.717) is 13.1 Å². The topological polar surface area (TPSA) is 66.5 Å². The van der Waals surface area contributed by atoms with Crippen LogP contribution >= 0.6 is 0 Å². The maximum Gasteiger partial charge on any atom is 0.410 e. The number of anilines is 3. The summed E-state index contributed by atoms with van der Waals surface area (Å²) in [5.74, 6) is 0.775. The molecule has 2 N–H and O–H groups in total. The van der Waals surface area contributed by atoms with Gasteiger partial charge in [-0.15, -0.1) is 0 Å². The lowest BCUT2D eigenvalue weighted by atomic mass is 10.1. The Labute approximate surface area is 213 Å². The summed E-state index contributed by atoms with van der Waals surface area (Å²) < 4.78 is 5.67. The monoisotopic (exact) mass is 482 g/mol. The van der Waals surface area contributed by atoms with Crippen LogP contribution in [0.5, 0.6) is 0 Å². The van der Waals surface area contributed by atoms with Gasteiger partial charge in [0, 0.05) is 42.5 Å². The van der Waals surface area contributed by atoms with Crippen LogP contribution in [0.1, 0.15) is 38.8 Å². The van der Waals surface area contributed by atoms with Crippen molar-refractivity contribution in [3.8, 4) is 0 Å². The first-order valence-electron chi connectivity index (χ1n) is 12.3. The van der Waals surface area contributed by atoms with Crippen LogP contribution in [0.2, 0.25) is 0 Å². The smallest absolute Gasteiger partial charge is 0.410 e. The Bertz CT molecular complexity index is 1300. The van der Waals surface area contributed by atoms with Gasteiger partial charge in [0.1, 0.15) is 11.4 Å². The van der Waals surface area contributed by atoms with Crippen LogP contribution in [0.25, 0.3) is 10.9 Å².